The van der Waals surface area contributed by atoms with Crippen LogP contribution < -0.4 is 20.1 Å². The fourth-order valence-electron chi connectivity index (χ4n) is 4.46. The van der Waals surface area contributed by atoms with Crippen molar-refractivity contribution >= 4 is 17.5 Å². The number of para-hydroxylation sites is 1. The van der Waals surface area contributed by atoms with E-state index in [0.29, 0.717) is 40.6 Å². The molecule has 32 heavy (non-hydrogen) atoms. The number of ether oxygens (including phenoxy) is 2. The molecule has 2 aromatic rings. The topological polar surface area (TPSA) is 89.5 Å². The Kier molecular flexibility index (Phi) is 5.99. The molecule has 1 amide bonds. The highest BCUT2D eigenvalue weighted by molar-refractivity contribution is 6.09. The zero-order chi connectivity index (χ0) is 22.8. The highest BCUT2D eigenvalue weighted by Gasteiger charge is 2.40. The Labute approximate surface area is 187 Å². The number of ketones is 1. The molecule has 2 heterocycles. The van der Waals surface area contributed by atoms with Crippen LogP contribution >= 0.6 is 0 Å². The third-order valence-corrected chi connectivity index (χ3v) is 5.92. The fourth-order valence-corrected chi connectivity index (χ4v) is 4.46. The maximum absolute atomic E-state index is 13.5. The molecule has 4 rings (SSSR count). The number of hydrogen-bond acceptors (Lipinski definition) is 6. The van der Waals surface area contributed by atoms with Crippen molar-refractivity contribution in [2.75, 3.05) is 19.5 Å². The molecule has 0 fully saturated rings. The summed E-state index contributed by atoms with van der Waals surface area (Å²) in [6, 6.07) is 9.18. The zero-order valence-electron chi connectivity index (χ0n) is 18.7. The SMILES string of the molecule is COc1cccc(C2C(C(=O)Nc3ccc(C)cn3)=C(C)NC3=C2C(=O)CCC3)c1OC. The molecule has 1 aromatic carbocycles. The minimum atomic E-state index is -0.574. The van der Waals surface area contributed by atoms with Crippen LogP contribution in [-0.4, -0.2) is 30.9 Å². The summed E-state index contributed by atoms with van der Waals surface area (Å²) in [6.45, 7) is 3.80. The van der Waals surface area contributed by atoms with Crippen LogP contribution in [0, 0.1) is 6.92 Å². The van der Waals surface area contributed by atoms with E-state index in [2.05, 4.69) is 15.6 Å². The molecule has 0 bridgehead atoms. The van der Waals surface area contributed by atoms with Crippen molar-refractivity contribution in [3.63, 3.8) is 0 Å². The largest absolute Gasteiger partial charge is 0.493 e. The van der Waals surface area contributed by atoms with Gasteiger partial charge < -0.3 is 20.1 Å². The predicted molar refractivity (Wildman–Crippen MR) is 122 cm³/mol. The van der Waals surface area contributed by atoms with Crippen molar-refractivity contribution in [3.05, 3.63) is 70.2 Å². The number of nitrogens with one attached hydrogen (secondary N) is 2. The molecular formula is C25H27N3O4. The molecule has 1 aliphatic heterocycles. The van der Waals surface area contributed by atoms with Gasteiger partial charge in [0.25, 0.3) is 5.91 Å². The second-order valence-electron chi connectivity index (χ2n) is 8.02. The van der Waals surface area contributed by atoms with Gasteiger partial charge in [-0.2, -0.15) is 0 Å². The Morgan fingerprint density at radius 1 is 1.12 bits per heavy atom. The predicted octanol–water partition coefficient (Wildman–Crippen LogP) is 4.01. The number of rotatable bonds is 5. The van der Waals surface area contributed by atoms with E-state index >= 15 is 0 Å². The summed E-state index contributed by atoms with van der Waals surface area (Å²) in [5.41, 5.74) is 4.39. The summed E-state index contributed by atoms with van der Waals surface area (Å²) in [5, 5.41) is 6.22. The van der Waals surface area contributed by atoms with Crippen LogP contribution in [0.3, 0.4) is 0 Å². The first-order valence-electron chi connectivity index (χ1n) is 10.6. The number of hydrogen-bond donors (Lipinski definition) is 2. The van der Waals surface area contributed by atoms with E-state index in [4.69, 9.17) is 9.47 Å². The summed E-state index contributed by atoms with van der Waals surface area (Å²) in [6.07, 6.45) is 3.70. The number of Topliss-reactive ketones (excluding diaryl/α,β-unsaturated/α-hetero) is 1. The van der Waals surface area contributed by atoms with Crippen molar-refractivity contribution in [1.82, 2.24) is 10.3 Å². The highest BCUT2D eigenvalue weighted by Crippen LogP contribution is 2.47. The molecule has 166 valence electrons. The summed E-state index contributed by atoms with van der Waals surface area (Å²) < 4.78 is 11.2. The second kappa shape index (κ2) is 8.86. The minimum Gasteiger partial charge on any atom is -0.493 e. The molecule has 7 nitrogen and oxygen atoms in total. The van der Waals surface area contributed by atoms with Crippen molar-refractivity contribution in [1.29, 1.82) is 0 Å². The lowest BCUT2D eigenvalue weighted by Gasteiger charge is -2.35. The first-order chi connectivity index (χ1) is 15.4. The number of benzene rings is 1. The number of allylic oxidation sites excluding steroid dienone is 3. The number of carbonyl (C=O) groups excluding carboxylic acids is 2. The Morgan fingerprint density at radius 3 is 2.62 bits per heavy atom. The van der Waals surface area contributed by atoms with Gasteiger partial charge in [0.15, 0.2) is 17.3 Å². The fraction of sp³-hybridized carbons (Fsp3) is 0.320. The monoisotopic (exact) mass is 433 g/mol. The summed E-state index contributed by atoms with van der Waals surface area (Å²) in [5.74, 6) is 0.665. The van der Waals surface area contributed by atoms with Crippen molar-refractivity contribution < 1.29 is 19.1 Å². The number of pyridine rings is 1. The van der Waals surface area contributed by atoms with Crippen molar-refractivity contribution in [2.24, 2.45) is 0 Å². The van der Waals surface area contributed by atoms with Gasteiger partial charge in [0.1, 0.15) is 5.82 Å². The van der Waals surface area contributed by atoms with E-state index in [1.54, 1.807) is 32.5 Å². The number of anilines is 1. The van der Waals surface area contributed by atoms with E-state index in [0.717, 1.165) is 29.7 Å². The Bertz CT molecular complexity index is 1130. The smallest absolute Gasteiger partial charge is 0.255 e. The molecule has 2 aliphatic rings. The molecule has 0 spiro atoms. The van der Waals surface area contributed by atoms with Crippen LogP contribution in [0.25, 0.3) is 0 Å². The summed E-state index contributed by atoms with van der Waals surface area (Å²) in [7, 11) is 3.13. The summed E-state index contributed by atoms with van der Waals surface area (Å²) >= 11 is 0. The van der Waals surface area contributed by atoms with Crippen LogP contribution in [0.2, 0.25) is 0 Å². The van der Waals surface area contributed by atoms with Gasteiger partial charge in [-0.05, 0) is 44.4 Å². The van der Waals surface area contributed by atoms with Crippen LogP contribution in [-0.2, 0) is 9.59 Å². The third kappa shape index (κ3) is 3.86. The summed E-state index contributed by atoms with van der Waals surface area (Å²) in [4.78, 5) is 30.9. The lowest BCUT2D eigenvalue weighted by atomic mass is 9.74. The second-order valence-corrected chi connectivity index (χ2v) is 8.02. The quantitative estimate of drug-likeness (QED) is 0.741. The number of amides is 1. The van der Waals surface area contributed by atoms with Crippen LogP contribution in [0.1, 0.15) is 43.2 Å². The van der Waals surface area contributed by atoms with Gasteiger partial charge in [0.2, 0.25) is 0 Å². The Hall–Kier alpha value is -3.61. The van der Waals surface area contributed by atoms with E-state index in [-0.39, 0.29) is 11.7 Å². The molecular weight excluding hydrogens is 406 g/mol. The number of dihydropyridines is 1. The Morgan fingerprint density at radius 2 is 1.94 bits per heavy atom. The zero-order valence-corrected chi connectivity index (χ0v) is 18.7. The molecule has 1 aromatic heterocycles. The van der Waals surface area contributed by atoms with Crippen molar-refractivity contribution in [3.8, 4) is 11.5 Å². The molecule has 1 unspecified atom stereocenters. The number of aromatic nitrogens is 1. The third-order valence-electron chi connectivity index (χ3n) is 5.92. The molecule has 1 aliphatic carbocycles. The van der Waals surface area contributed by atoms with Gasteiger partial charge >= 0.3 is 0 Å². The van der Waals surface area contributed by atoms with Crippen LogP contribution in [0.15, 0.2) is 59.1 Å². The van der Waals surface area contributed by atoms with Gasteiger partial charge in [-0.15, -0.1) is 0 Å². The van der Waals surface area contributed by atoms with E-state index in [9.17, 15) is 9.59 Å². The van der Waals surface area contributed by atoms with E-state index in [1.165, 1.54) is 0 Å². The standard InChI is InChI=1S/C25H27N3O4/c1-14-11-12-20(26-13-14)28-25(30)21-15(2)27-17-8-6-9-18(29)23(17)22(21)16-7-5-10-19(31-3)24(16)32-4/h5,7,10-13,22,27H,6,8-9H2,1-4H3,(H,26,28,30). The average Bonchev–Trinajstić information content (AvgIpc) is 2.79. The molecule has 0 saturated carbocycles. The van der Waals surface area contributed by atoms with Crippen LogP contribution in [0.4, 0.5) is 5.82 Å². The molecule has 2 N–H and O–H groups in total. The Balaban J connectivity index is 1.85. The lowest BCUT2D eigenvalue weighted by Crippen LogP contribution is -2.35. The van der Waals surface area contributed by atoms with Gasteiger partial charge in [0, 0.05) is 40.7 Å². The van der Waals surface area contributed by atoms with E-state index in [1.807, 2.05) is 32.0 Å². The molecule has 0 saturated heterocycles. The molecule has 0 radical (unpaired) electrons. The van der Waals surface area contributed by atoms with Crippen molar-refractivity contribution in [2.45, 2.75) is 39.0 Å². The van der Waals surface area contributed by atoms with E-state index < -0.39 is 5.92 Å². The van der Waals surface area contributed by atoms with Gasteiger partial charge in [0.05, 0.1) is 20.1 Å². The maximum Gasteiger partial charge on any atom is 0.255 e. The van der Waals surface area contributed by atoms with Gasteiger partial charge in [-0.3, -0.25) is 9.59 Å². The van der Waals surface area contributed by atoms with Crippen LogP contribution in [0.5, 0.6) is 11.5 Å². The number of nitrogens with zero attached hydrogens (tertiary/aromatic N) is 1. The maximum atomic E-state index is 13.5. The van der Waals surface area contributed by atoms with Gasteiger partial charge in [-0.25, -0.2) is 4.98 Å². The van der Waals surface area contributed by atoms with Gasteiger partial charge in [-0.1, -0.05) is 18.2 Å². The molecule has 7 heteroatoms. The highest BCUT2D eigenvalue weighted by atomic mass is 16.5. The first kappa shape index (κ1) is 21.6. The number of aryl methyl sites for hydroxylation is 1. The average molecular weight is 434 g/mol. The number of carbonyl (C=O) groups is 2. The first-order valence-corrected chi connectivity index (χ1v) is 10.6. The number of methoxy groups -OCH3 is 2. The normalized spacial score (nSPS) is 18.1. The molecule has 1 atom stereocenters. The minimum absolute atomic E-state index is 0.0416. The lowest BCUT2D eigenvalue weighted by molar-refractivity contribution is -0.116.